The Hall–Kier alpha value is -3.60. The smallest absolute Gasteiger partial charge is 0.304 e. The van der Waals surface area contributed by atoms with Crippen LogP contribution in [0.2, 0.25) is 0 Å². The van der Waals surface area contributed by atoms with Crippen LogP contribution in [0.3, 0.4) is 0 Å². The molecule has 1 aromatic heterocycles. The van der Waals surface area contributed by atoms with E-state index in [9.17, 15) is 18.0 Å². The summed E-state index contributed by atoms with van der Waals surface area (Å²) in [5, 5.41) is 17.5. The van der Waals surface area contributed by atoms with E-state index >= 15 is 0 Å². The Labute approximate surface area is 164 Å². The van der Waals surface area contributed by atoms with E-state index in [0.717, 1.165) is 18.2 Å². The van der Waals surface area contributed by atoms with E-state index in [1.54, 1.807) is 0 Å². The monoisotopic (exact) mass is 400 g/mol. The second-order valence-electron chi connectivity index (χ2n) is 6.37. The molecule has 0 aliphatic heterocycles. The summed E-state index contributed by atoms with van der Waals surface area (Å²) in [5.41, 5.74) is 0.390. The molecule has 148 valence electrons. The van der Waals surface area contributed by atoms with Gasteiger partial charge in [0.25, 0.3) is 0 Å². The van der Waals surface area contributed by atoms with Gasteiger partial charge in [-0.1, -0.05) is 12.1 Å². The summed E-state index contributed by atoms with van der Waals surface area (Å²) in [6.45, 7) is -0.169. The maximum absolute atomic E-state index is 14.4. The molecule has 1 heterocycles. The molecule has 1 aliphatic carbocycles. The topological polar surface area (TPSA) is 83.2 Å². The molecule has 1 aliphatic rings. The molecule has 2 aromatic rings. The van der Waals surface area contributed by atoms with Crippen molar-refractivity contribution in [2.24, 2.45) is 5.92 Å². The first kappa shape index (κ1) is 20.1. The van der Waals surface area contributed by atoms with Crippen LogP contribution in [0, 0.1) is 23.1 Å². The summed E-state index contributed by atoms with van der Waals surface area (Å²) in [6, 6.07) is 10.3. The molecule has 5 nitrogen and oxygen atoms in total. The molecule has 0 saturated heterocycles. The highest BCUT2D eigenvalue weighted by molar-refractivity contribution is 5.77. The van der Waals surface area contributed by atoms with Gasteiger partial charge in [0.05, 0.1) is 23.7 Å². The number of carbonyl (C=O) groups is 1. The molecule has 1 aromatic carbocycles. The van der Waals surface area contributed by atoms with Crippen LogP contribution in [0.1, 0.15) is 23.2 Å². The molecule has 2 unspecified atom stereocenters. The van der Waals surface area contributed by atoms with Gasteiger partial charge in [-0.3, -0.25) is 4.79 Å². The lowest BCUT2D eigenvalue weighted by Gasteiger charge is -2.20. The molecule has 0 radical (unpaired) electrons. The Balaban J connectivity index is 1.75. The lowest BCUT2D eigenvalue weighted by molar-refractivity contribution is -0.138. The van der Waals surface area contributed by atoms with Crippen molar-refractivity contribution in [3.8, 4) is 11.9 Å². The van der Waals surface area contributed by atoms with Crippen molar-refractivity contribution in [3.63, 3.8) is 0 Å². The Morgan fingerprint density at radius 3 is 2.72 bits per heavy atom. The Morgan fingerprint density at radius 2 is 2.03 bits per heavy atom. The summed E-state index contributed by atoms with van der Waals surface area (Å²) in [4.78, 5) is 14.9. The summed E-state index contributed by atoms with van der Waals surface area (Å²) in [7, 11) is 0. The van der Waals surface area contributed by atoms with Crippen LogP contribution in [-0.2, 0) is 11.4 Å². The van der Waals surface area contributed by atoms with Crippen molar-refractivity contribution in [2.75, 3.05) is 0 Å². The molecule has 2 atom stereocenters. The lowest BCUT2D eigenvalue weighted by Crippen LogP contribution is -2.19. The second kappa shape index (κ2) is 8.61. The highest BCUT2D eigenvalue weighted by atomic mass is 19.1. The van der Waals surface area contributed by atoms with Gasteiger partial charge >= 0.3 is 5.97 Å². The molecule has 0 bridgehead atoms. The highest BCUT2D eigenvalue weighted by Crippen LogP contribution is 2.34. The molecule has 3 rings (SSSR count). The molecule has 0 spiro atoms. The van der Waals surface area contributed by atoms with E-state index in [1.807, 2.05) is 6.07 Å². The zero-order chi connectivity index (χ0) is 21.0. The van der Waals surface area contributed by atoms with Crippen LogP contribution in [0.25, 0.3) is 5.57 Å². The first-order chi connectivity index (χ1) is 13.9. The van der Waals surface area contributed by atoms with Crippen LogP contribution >= 0.6 is 0 Å². The fourth-order valence-corrected chi connectivity index (χ4v) is 2.84. The fourth-order valence-electron chi connectivity index (χ4n) is 2.84. The third kappa shape index (κ3) is 4.82. The van der Waals surface area contributed by atoms with Crippen LogP contribution in [0.5, 0.6) is 5.88 Å². The van der Waals surface area contributed by atoms with Crippen molar-refractivity contribution in [3.05, 3.63) is 77.0 Å². The van der Waals surface area contributed by atoms with E-state index in [4.69, 9.17) is 15.1 Å². The maximum atomic E-state index is 14.4. The van der Waals surface area contributed by atoms with E-state index < -0.39 is 36.1 Å². The summed E-state index contributed by atoms with van der Waals surface area (Å²) in [6.07, 6.45) is -0.254. The number of rotatable bonds is 6. The Morgan fingerprint density at radius 1 is 1.24 bits per heavy atom. The number of aromatic nitrogens is 1. The van der Waals surface area contributed by atoms with Gasteiger partial charge in [0.1, 0.15) is 24.4 Å². The predicted molar refractivity (Wildman–Crippen MR) is 97.5 cm³/mol. The number of pyridine rings is 1. The van der Waals surface area contributed by atoms with E-state index in [1.165, 1.54) is 30.3 Å². The number of ether oxygens (including phenoxy) is 1. The Bertz CT molecular complexity index is 1040. The largest absolute Gasteiger partial charge is 0.481 e. The molecular weight excluding hydrogens is 385 g/mol. The average Bonchev–Trinajstić information content (AvgIpc) is 2.69. The van der Waals surface area contributed by atoms with Gasteiger partial charge in [0, 0.05) is 23.1 Å². The van der Waals surface area contributed by atoms with Gasteiger partial charge in [-0.2, -0.15) is 5.26 Å². The number of nitrogens with zero attached hydrogens (tertiary/aromatic N) is 2. The van der Waals surface area contributed by atoms with Gasteiger partial charge in [-0.25, -0.2) is 18.2 Å². The first-order valence-electron chi connectivity index (χ1n) is 8.61. The molecule has 1 N–H and O–H groups in total. The quantitative estimate of drug-likeness (QED) is 0.779. The third-order valence-corrected chi connectivity index (χ3v) is 4.32. The SMILES string of the molecule is N#Cc1ccc(COc2cccc(C3=CC(F)C(CC(=O)O)C=C3F)n2)c(F)c1. The number of aliphatic carboxylic acids is 1. The molecule has 29 heavy (non-hydrogen) atoms. The van der Waals surface area contributed by atoms with Gasteiger partial charge in [0.2, 0.25) is 5.88 Å². The molecule has 0 fully saturated rings. The number of carboxylic acid groups (broad SMARTS) is 1. The highest BCUT2D eigenvalue weighted by Gasteiger charge is 2.28. The van der Waals surface area contributed by atoms with Gasteiger partial charge in [-0.05, 0) is 30.4 Å². The van der Waals surface area contributed by atoms with Crippen LogP contribution in [-0.4, -0.2) is 22.2 Å². The number of benzene rings is 1. The number of nitriles is 1. The molecule has 8 heteroatoms. The van der Waals surface area contributed by atoms with Crippen LogP contribution in [0.4, 0.5) is 13.2 Å². The van der Waals surface area contributed by atoms with Crippen molar-refractivity contribution in [2.45, 2.75) is 19.2 Å². The minimum Gasteiger partial charge on any atom is -0.481 e. The number of hydrogen-bond donors (Lipinski definition) is 1. The van der Waals surface area contributed by atoms with E-state index in [2.05, 4.69) is 4.98 Å². The fraction of sp³-hybridized carbons (Fsp3) is 0.190. The maximum Gasteiger partial charge on any atom is 0.304 e. The zero-order valence-corrected chi connectivity index (χ0v) is 15.0. The van der Waals surface area contributed by atoms with Crippen LogP contribution in [0.15, 0.2) is 54.4 Å². The summed E-state index contributed by atoms with van der Waals surface area (Å²) in [5.74, 6) is -3.61. The number of carboxylic acids is 1. The van der Waals surface area contributed by atoms with Gasteiger partial charge in [0.15, 0.2) is 0 Å². The second-order valence-corrected chi connectivity index (χ2v) is 6.37. The first-order valence-corrected chi connectivity index (χ1v) is 8.61. The molecular formula is C21H15F3N2O3. The lowest BCUT2D eigenvalue weighted by atomic mass is 9.90. The van der Waals surface area contributed by atoms with Gasteiger partial charge < -0.3 is 9.84 Å². The average molecular weight is 400 g/mol. The third-order valence-electron chi connectivity index (χ3n) is 4.32. The summed E-state index contributed by atoms with van der Waals surface area (Å²) < 4.78 is 48.0. The van der Waals surface area contributed by atoms with Crippen molar-refractivity contribution in [1.82, 2.24) is 4.98 Å². The van der Waals surface area contributed by atoms with Crippen molar-refractivity contribution >= 4 is 11.5 Å². The van der Waals surface area contributed by atoms with Crippen LogP contribution < -0.4 is 4.74 Å². The van der Waals surface area contributed by atoms with Gasteiger partial charge in [-0.15, -0.1) is 0 Å². The minimum absolute atomic E-state index is 0.0722. The van der Waals surface area contributed by atoms with Crippen molar-refractivity contribution < 1.29 is 27.8 Å². The number of halogens is 3. The standard InChI is InChI=1S/C21H15F3N2O3/c22-16-6-12(10-25)4-5-13(16)11-29-20-3-1-2-19(26-20)15-9-17(23)14(7-18(15)24)8-21(27)28/h1-7,9,14,17H,8,11H2,(H,27,28). The normalized spacial score (nSPS) is 18.4. The summed E-state index contributed by atoms with van der Waals surface area (Å²) >= 11 is 0. The minimum atomic E-state index is -1.67. The number of hydrogen-bond acceptors (Lipinski definition) is 4. The zero-order valence-electron chi connectivity index (χ0n) is 15.0. The Kier molecular flexibility index (Phi) is 5.98. The van der Waals surface area contributed by atoms with E-state index in [0.29, 0.717) is 0 Å². The molecule has 0 amide bonds. The molecule has 0 saturated carbocycles. The van der Waals surface area contributed by atoms with E-state index in [-0.39, 0.29) is 34.9 Å². The number of allylic oxidation sites excluding steroid dienone is 4. The van der Waals surface area contributed by atoms with Crippen molar-refractivity contribution in [1.29, 1.82) is 5.26 Å². The number of alkyl halides is 1. The predicted octanol–water partition coefficient (Wildman–Crippen LogP) is 4.35.